The summed E-state index contributed by atoms with van der Waals surface area (Å²) in [6, 6.07) is -0.127. The topological polar surface area (TPSA) is 46.6 Å². The summed E-state index contributed by atoms with van der Waals surface area (Å²) in [6.45, 7) is 8.87. The highest BCUT2D eigenvalue weighted by atomic mass is 16.5. The number of rotatable bonds is 4. The van der Waals surface area contributed by atoms with E-state index in [1.165, 1.54) is 0 Å². The van der Waals surface area contributed by atoms with Crippen LogP contribution in [0.4, 0.5) is 0 Å². The summed E-state index contributed by atoms with van der Waals surface area (Å²) in [5, 5.41) is 0. The number of Topliss-reactive ketones (excluding diaryl/α,β-unsaturated/α-hetero) is 1. The van der Waals surface area contributed by atoms with Crippen LogP contribution in [0.5, 0.6) is 0 Å². The first-order valence-corrected chi connectivity index (χ1v) is 7.16. The van der Waals surface area contributed by atoms with Crippen molar-refractivity contribution < 1.29 is 14.3 Å². The fourth-order valence-corrected chi connectivity index (χ4v) is 4.05. The van der Waals surface area contributed by atoms with E-state index in [0.717, 1.165) is 12.8 Å². The quantitative estimate of drug-likeness (QED) is 0.730. The molecular formula is C15H25NO3. The summed E-state index contributed by atoms with van der Waals surface area (Å²) in [4.78, 5) is 26.2. The molecule has 0 N–H and O–H groups in total. The maximum atomic E-state index is 12.7. The van der Waals surface area contributed by atoms with E-state index < -0.39 is 0 Å². The summed E-state index contributed by atoms with van der Waals surface area (Å²) in [6.07, 6.45) is 2.06. The standard InChI is InChI=1S/C15H25NO3/c1-6-19-11(17)9-16(5)12-10-7-8-15(4,13(12)18)14(10,2)3/h10,12H,6-9H2,1-5H3/t10-,12-,15-/m0/s1. The normalized spacial score (nSPS) is 36.0. The van der Waals surface area contributed by atoms with Crippen LogP contribution in [-0.2, 0) is 14.3 Å². The van der Waals surface area contributed by atoms with Crippen LogP contribution in [0.25, 0.3) is 0 Å². The number of carbonyl (C=O) groups excluding carboxylic acids is 2. The predicted molar refractivity (Wildman–Crippen MR) is 72.7 cm³/mol. The van der Waals surface area contributed by atoms with Crippen LogP contribution in [0.2, 0.25) is 0 Å². The Hall–Kier alpha value is -0.900. The van der Waals surface area contributed by atoms with Crippen molar-refractivity contribution in [3.63, 3.8) is 0 Å². The van der Waals surface area contributed by atoms with Gasteiger partial charge in [0.2, 0.25) is 0 Å². The smallest absolute Gasteiger partial charge is 0.320 e. The molecule has 0 aromatic rings. The zero-order chi connectivity index (χ0) is 14.4. The maximum Gasteiger partial charge on any atom is 0.320 e. The van der Waals surface area contributed by atoms with Gasteiger partial charge in [-0.25, -0.2) is 0 Å². The zero-order valence-corrected chi connectivity index (χ0v) is 12.7. The molecule has 0 aromatic heterocycles. The van der Waals surface area contributed by atoms with Crippen molar-refractivity contribution in [2.75, 3.05) is 20.2 Å². The Balaban J connectivity index is 2.15. The molecule has 0 aliphatic heterocycles. The van der Waals surface area contributed by atoms with Crippen LogP contribution < -0.4 is 0 Å². The van der Waals surface area contributed by atoms with E-state index in [1.54, 1.807) is 6.92 Å². The fourth-order valence-electron chi connectivity index (χ4n) is 4.05. The van der Waals surface area contributed by atoms with E-state index in [2.05, 4.69) is 20.8 Å². The average molecular weight is 267 g/mol. The summed E-state index contributed by atoms with van der Waals surface area (Å²) >= 11 is 0. The number of fused-ring (bicyclic) bond motifs is 2. The van der Waals surface area contributed by atoms with Gasteiger partial charge in [0.1, 0.15) is 0 Å². The van der Waals surface area contributed by atoms with Gasteiger partial charge in [0.05, 0.1) is 19.2 Å². The largest absolute Gasteiger partial charge is 0.465 e. The average Bonchev–Trinajstić information content (AvgIpc) is 2.61. The van der Waals surface area contributed by atoms with E-state index in [-0.39, 0.29) is 29.4 Å². The number of carbonyl (C=O) groups is 2. The predicted octanol–water partition coefficient (Wildman–Crippen LogP) is 1.88. The molecule has 0 saturated heterocycles. The Labute approximate surface area is 115 Å². The molecule has 3 atom stereocenters. The van der Waals surface area contributed by atoms with Crippen molar-refractivity contribution in [1.29, 1.82) is 0 Å². The van der Waals surface area contributed by atoms with Gasteiger partial charge >= 0.3 is 5.97 Å². The second-order valence-electron chi connectivity index (χ2n) is 6.73. The molecular weight excluding hydrogens is 242 g/mol. The lowest BCUT2D eigenvalue weighted by Gasteiger charge is -2.32. The van der Waals surface area contributed by atoms with Gasteiger partial charge in [-0.2, -0.15) is 0 Å². The van der Waals surface area contributed by atoms with Crippen LogP contribution in [0.1, 0.15) is 40.5 Å². The van der Waals surface area contributed by atoms with Crippen LogP contribution in [0, 0.1) is 16.7 Å². The van der Waals surface area contributed by atoms with E-state index in [1.807, 2.05) is 11.9 Å². The highest BCUT2D eigenvalue weighted by molar-refractivity contribution is 5.94. The van der Waals surface area contributed by atoms with Crippen molar-refractivity contribution >= 4 is 11.8 Å². The molecule has 2 saturated carbocycles. The number of hydrogen-bond acceptors (Lipinski definition) is 4. The number of ketones is 1. The third-order valence-corrected chi connectivity index (χ3v) is 5.66. The number of likely N-dealkylation sites (N-methyl/N-ethyl adjacent to an activating group) is 1. The number of esters is 1. The number of nitrogens with zero attached hydrogens (tertiary/aromatic N) is 1. The van der Waals surface area contributed by atoms with Crippen molar-refractivity contribution in [3.8, 4) is 0 Å². The van der Waals surface area contributed by atoms with Gasteiger partial charge in [-0.15, -0.1) is 0 Å². The molecule has 2 aliphatic rings. The van der Waals surface area contributed by atoms with Gasteiger partial charge < -0.3 is 4.74 Å². The first kappa shape index (κ1) is 14.5. The second kappa shape index (κ2) is 4.58. The van der Waals surface area contributed by atoms with E-state index in [9.17, 15) is 9.59 Å². The van der Waals surface area contributed by atoms with E-state index in [4.69, 9.17) is 4.74 Å². The van der Waals surface area contributed by atoms with Crippen molar-refractivity contribution in [1.82, 2.24) is 4.90 Å². The Kier molecular flexibility index (Phi) is 3.50. The van der Waals surface area contributed by atoms with Gasteiger partial charge in [-0.1, -0.05) is 20.8 Å². The SMILES string of the molecule is CCOC(=O)CN(C)[C@@H]1C(=O)[C@]2(C)CC[C@@H]1C2(C)C. The van der Waals surface area contributed by atoms with Gasteiger partial charge in [-0.05, 0) is 38.1 Å². The third-order valence-electron chi connectivity index (χ3n) is 5.66. The van der Waals surface area contributed by atoms with Gasteiger partial charge in [-0.3, -0.25) is 14.5 Å². The lowest BCUT2D eigenvalue weighted by molar-refractivity contribution is -0.145. The van der Waals surface area contributed by atoms with Crippen LogP contribution in [0.15, 0.2) is 0 Å². The molecule has 19 heavy (non-hydrogen) atoms. The van der Waals surface area contributed by atoms with Crippen molar-refractivity contribution in [2.24, 2.45) is 16.7 Å². The minimum Gasteiger partial charge on any atom is -0.465 e. The summed E-state index contributed by atoms with van der Waals surface area (Å²) < 4.78 is 4.97. The highest BCUT2D eigenvalue weighted by Gasteiger charge is 2.66. The van der Waals surface area contributed by atoms with E-state index in [0.29, 0.717) is 18.3 Å². The Bertz CT molecular complexity index is 404. The van der Waals surface area contributed by atoms with E-state index >= 15 is 0 Å². The lowest BCUT2D eigenvalue weighted by atomic mass is 9.70. The summed E-state index contributed by atoms with van der Waals surface area (Å²) in [5.74, 6) is 0.411. The summed E-state index contributed by atoms with van der Waals surface area (Å²) in [5.41, 5.74) is -0.205. The third kappa shape index (κ3) is 1.92. The van der Waals surface area contributed by atoms with Crippen molar-refractivity contribution in [3.05, 3.63) is 0 Å². The molecule has 4 nitrogen and oxygen atoms in total. The van der Waals surface area contributed by atoms with Crippen LogP contribution >= 0.6 is 0 Å². The number of ether oxygens (including phenoxy) is 1. The summed E-state index contributed by atoms with van der Waals surface area (Å²) in [7, 11) is 1.86. The fraction of sp³-hybridized carbons (Fsp3) is 0.867. The van der Waals surface area contributed by atoms with Crippen LogP contribution in [0.3, 0.4) is 0 Å². The lowest BCUT2D eigenvalue weighted by Crippen LogP contribution is -2.46. The molecule has 108 valence electrons. The molecule has 4 heteroatoms. The Morgan fingerprint density at radius 3 is 2.53 bits per heavy atom. The maximum absolute atomic E-state index is 12.7. The van der Waals surface area contributed by atoms with Gasteiger partial charge in [0, 0.05) is 5.41 Å². The Morgan fingerprint density at radius 1 is 1.42 bits per heavy atom. The Morgan fingerprint density at radius 2 is 2.05 bits per heavy atom. The molecule has 2 rings (SSSR count). The molecule has 2 bridgehead atoms. The van der Waals surface area contributed by atoms with Crippen LogP contribution in [-0.4, -0.2) is 42.9 Å². The molecule has 0 spiro atoms. The first-order valence-electron chi connectivity index (χ1n) is 7.16. The van der Waals surface area contributed by atoms with Crippen molar-refractivity contribution in [2.45, 2.75) is 46.6 Å². The minimum atomic E-state index is -0.247. The first-order chi connectivity index (χ1) is 8.75. The monoisotopic (exact) mass is 267 g/mol. The van der Waals surface area contributed by atoms with Gasteiger partial charge in [0.15, 0.2) is 5.78 Å². The molecule has 0 amide bonds. The molecule has 0 radical (unpaired) electrons. The number of hydrogen-bond donors (Lipinski definition) is 0. The minimum absolute atomic E-state index is 0.0255. The highest BCUT2D eigenvalue weighted by Crippen LogP contribution is 2.64. The second-order valence-corrected chi connectivity index (χ2v) is 6.73. The molecule has 2 fully saturated rings. The molecule has 0 heterocycles. The molecule has 0 unspecified atom stereocenters. The van der Waals surface area contributed by atoms with Gasteiger partial charge in [0.25, 0.3) is 0 Å². The molecule has 2 aliphatic carbocycles. The molecule has 0 aromatic carbocycles. The zero-order valence-electron chi connectivity index (χ0n) is 12.7.